The van der Waals surface area contributed by atoms with Gasteiger partial charge in [0.1, 0.15) is 0 Å². The van der Waals surface area contributed by atoms with Crippen LogP contribution in [-0.2, 0) is 13.5 Å². The van der Waals surface area contributed by atoms with Gasteiger partial charge in [0.15, 0.2) is 11.6 Å². The fourth-order valence-corrected chi connectivity index (χ4v) is 2.00. The molecule has 0 spiro atoms. The summed E-state index contributed by atoms with van der Waals surface area (Å²) in [5.41, 5.74) is 8.47. The van der Waals surface area contributed by atoms with E-state index in [1.807, 2.05) is 20.0 Å². The van der Waals surface area contributed by atoms with Crippen molar-refractivity contribution in [2.75, 3.05) is 0 Å². The molecule has 3 nitrogen and oxygen atoms in total. The molecule has 96 valence electrons. The molecular weight excluding hydrogens is 236 g/mol. The molecule has 0 saturated carbocycles. The highest BCUT2D eigenvalue weighted by atomic mass is 19.2. The van der Waals surface area contributed by atoms with Gasteiger partial charge in [0.25, 0.3) is 0 Å². The molecule has 0 aliphatic carbocycles. The first-order chi connectivity index (χ1) is 8.47. The van der Waals surface area contributed by atoms with Crippen molar-refractivity contribution in [1.82, 2.24) is 9.78 Å². The van der Waals surface area contributed by atoms with Gasteiger partial charge in [-0.3, -0.25) is 4.68 Å². The normalized spacial score (nSPS) is 12.7. The lowest BCUT2D eigenvalue weighted by Crippen LogP contribution is -2.17. The second kappa shape index (κ2) is 4.86. The molecule has 1 atom stereocenters. The molecule has 2 N–H and O–H groups in total. The quantitative estimate of drug-likeness (QED) is 0.909. The van der Waals surface area contributed by atoms with Crippen LogP contribution in [0.4, 0.5) is 8.78 Å². The summed E-state index contributed by atoms with van der Waals surface area (Å²) in [7, 11) is 1.81. The van der Waals surface area contributed by atoms with Gasteiger partial charge >= 0.3 is 0 Å². The second-order valence-corrected chi connectivity index (χ2v) is 4.39. The van der Waals surface area contributed by atoms with Gasteiger partial charge in [-0.1, -0.05) is 6.07 Å². The number of hydrogen-bond acceptors (Lipinski definition) is 2. The zero-order valence-corrected chi connectivity index (χ0v) is 10.3. The summed E-state index contributed by atoms with van der Waals surface area (Å²) in [6.45, 7) is 1.88. The summed E-state index contributed by atoms with van der Waals surface area (Å²) in [4.78, 5) is 0. The zero-order chi connectivity index (χ0) is 13.3. The molecule has 0 bridgehead atoms. The van der Waals surface area contributed by atoms with Crippen molar-refractivity contribution < 1.29 is 8.78 Å². The van der Waals surface area contributed by atoms with Gasteiger partial charge in [-0.15, -0.1) is 0 Å². The number of hydrogen-bond donors (Lipinski definition) is 1. The van der Waals surface area contributed by atoms with Gasteiger partial charge in [0.05, 0.1) is 17.4 Å². The van der Waals surface area contributed by atoms with E-state index in [1.54, 1.807) is 10.7 Å². The number of aromatic nitrogens is 2. The first-order valence-corrected chi connectivity index (χ1v) is 5.67. The Morgan fingerprint density at radius 3 is 2.56 bits per heavy atom. The van der Waals surface area contributed by atoms with E-state index in [1.165, 1.54) is 6.07 Å². The molecule has 1 aromatic carbocycles. The molecule has 18 heavy (non-hydrogen) atoms. The van der Waals surface area contributed by atoms with Crippen LogP contribution in [0.15, 0.2) is 24.3 Å². The fraction of sp³-hybridized carbons (Fsp3) is 0.308. The fourth-order valence-electron chi connectivity index (χ4n) is 2.00. The summed E-state index contributed by atoms with van der Waals surface area (Å²) in [5.74, 6) is -1.69. The maximum absolute atomic E-state index is 13.1. The predicted molar refractivity (Wildman–Crippen MR) is 64.9 cm³/mol. The van der Waals surface area contributed by atoms with E-state index in [2.05, 4.69) is 5.10 Å². The van der Waals surface area contributed by atoms with E-state index in [0.717, 1.165) is 17.5 Å². The van der Waals surface area contributed by atoms with Gasteiger partial charge in [0, 0.05) is 7.05 Å². The lowest BCUT2D eigenvalue weighted by molar-refractivity contribution is 0.505. The highest BCUT2D eigenvalue weighted by Gasteiger charge is 2.13. The van der Waals surface area contributed by atoms with Crippen molar-refractivity contribution >= 4 is 0 Å². The van der Waals surface area contributed by atoms with Gasteiger partial charge in [0.2, 0.25) is 0 Å². The molecule has 2 aromatic rings. The van der Waals surface area contributed by atoms with Crippen molar-refractivity contribution in [2.24, 2.45) is 12.8 Å². The van der Waals surface area contributed by atoms with Crippen LogP contribution < -0.4 is 5.73 Å². The lowest BCUT2D eigenvalue weighted by Gasteiger charge is -2.12. The zero-order valence-electron chi connectivity index (χ0n) is 10.3. The third kappa shape index (κ3) is 2.56. The van der Waals surface area contributed by atoms with Crippen LogP contribution in [0.1, 0.15) is 23.0 Å². The van der Waals surface area contributed by atoms with Crippen molar-refractivity contribution in [3.8, 4) is 0 Å². The number of rotatable bonds is 3. The van der Waals surface area contributed by atoms with Crippen LogP contribution in [0.3, 0.4) is 0 Å². The van der Waals surface area contributed by atoms with Crippen molar-refractivity contribution in [1.29, 1.82) is 0 Å². The average Bonchev–Trinajstić information content (AvgIpc) is 2.63. The third-order valence-electron chi connectivity index (χ3n) is 2.86. The van der Waals surface area contributed by atoms with E-state index >= 15 is 0 Å². The molecular formula is C13H15F2N3. The Labute approximate surface area is 104 Å². The Morgan fingerprint density at radius 1 is 1.28 bits per heavy atom. The summed E-state index contributed by atoms with van der Waals surface area (Å²) in [5, 5.41) is 4.21. The Bertz CT molecular complexity index is 563. The summed E-state index contributed by atoms with van der Waals surface area (Å²) in [6.07, 6.45) is 0.441. The van der Waals surface area contributed by atoms with Crippen LogP contribution in [0.2, 0.25) is 0 Å². The van der Waals surface area contributed by atoms with Gasteiger partial charge in [-0.2, -0.15) is 5.10 Å². The third-order valence-corrected chi connectivity index (χ3v) is 2.86. The molecule has 1 aromatic heterocycles. The van der Waals surface area contributed by atoms with Crippen LogP contribution in [0.25, 0.3) is 0 Å². The van der Waals surface area contributed by atoms with Gasteiger partial charge in [-0.25, -0.2) is 8.78 Å². The second-order valence-electron chi connectivity index (χ2n) is 4.39. The smallest absolute Gasteiger partial charge is 0.159 e. The SMILES string of the molecule is Cc1cc(C(N)Cc2ccc(F)c(F)c2)n(C)n1. The monoisotopic (exact) mass is 251 g/mol. The van der Waals surface area contributed by atoms with E-state index in [-0.39, 0.29) is 6.04 Å². The number of benzene rings is 1. The lowest BCUT2D eigenvalue weighted by atomic mass is 10.0. The predicted octanol–water partition coefficient (Wildman–Crippen LogP) is 2.25. The summed E-state index contributed by atoms with van der Waals surface area (Å²) in [6, 6.07) is 5.44. The number of nitrogens with two attached hydrogens (primary N) is 1. The summed E-state index contributed by atoms with van der Waals surface area (Å²) >= 11 is 0. The molecule has 5 heteroatoms. The summed E-state index contributed by atoms with van der Waals surface area (Å²) < 4.78 is 27.6. The Hall–Kier alpha value is -1.75. The molecule has 2 rings (SSSR count). The van der Waals surface area contributed by atoms with Crippen LogP contribution in [0.5, 0.6) is 0 Å². The van der Waals surface area contributed by atoms with Crippen molar-refractivity contribution in [3.05, 3.63) is 52.9 Å². The number of aryl methyl sites for hydroxylation is 2. The minimum atomic E-state index is -0.846. The largest absolute Gasteiger partial charge is 0.322 e. The number of halogens is 2. The van der Waals surface area contributed by atoms with Crippen LogP contribution in [0, 0.1) is 18.6 Å². The van der Waals surface area contributed by atoms with E-state index in [4.69, 9.17) is 5.73 Å². The average molecular weight is 251 g/mol. The molecule has 0 amide bonds. The number of nitrogens with zero attached hydrogens (tertiary/aromatic N) is 2. The van der Waals surface area contributed by atoms with Gasteiger partial charge < -0.3 is 5.73 Å². The highest BCUT2D eigenvalue weighted by molar-refractivity contribution is 5.22. The van der Waals surface area contributed by atoms with E-state index < -0.39 is 11.6 Å². The van der Waals surface area contributed by atoms with Crippen molar-refractivity contribution in [3.63, 3.8) is 0 Å². The Morgan fingerprint density at radius 2 is 2.00 bits per heavy atom. The molecule has 1 heterocycles. The maximum atomic E-state index is 13.1. The maximum Gasteiger partial charge on any atom is 0.159 e. The molecule has 0 saturated heterocycles. The first-order valence-electron chi connectivity index (χ1n) is 5.67. The standard InChI is InChI=1S/C13H15F2N3/c1-8-5-13(18(2)17-8)12(16)7-9-3-4-10(14)11(15)6-9/h3-6,12H,7,16H2,1-2H3. The molecule has 1 unspecified atom stereocenters. The van der Waals surface area contributed by atoms with E-state index in [9.17, 15) is 8.78 Å². The molecule has 0 aliphatic rings. The van der Waals surface area contributed by atoms with Crippen LogP contribution in [-0.4, -0.2) is 9.78 Å². The minimum Gasteiger partial charge on any atom is -0.322 e. The highest BCUT2D eigenvalue weighted by Crippen LogP contribution is 2.18. The Kier molecular flexibility index (Phi) is 3.43. The minimum absolute atomic E-state index is 0.291. The first kappa shape index (κ1) is 12.7. The van der Waals surface area contributed by atoms with Crippen molar-refractivity contribution in [2.45, 2.75) is 19.4 Å². The van der Waals surface area contributed by atoms with E-state index in [0.29, 0.717) is 12.0 Å². The Balaban J connectivity index is 2.18. The van der Waals surface area contributed by atoms with Crippen LogP contribution >= 0.6 is 0 Å². The molecule has 0 aliphatic heterocycles. The molecule has 0 radical (unpaired) electrons. The molecule has 0 fully saturated rings. The topological polar surface area (TPSA) is 43.8 Å². The van der Waals surface area contributed by atoms with Gasteiger partial charge in [-0.05, 0) is 37.1 Å².